The van der Waals surface area contributed by atoms with E-state index in [0.717, 1.165) is 55.3 Å². The van der Waals surface area contributed by atoms with Gasteiger partial charge >= 0.3 is 0 Å². The third kappa shape index (κ3) is 3.40. The van der Waals surface area contributed by atoms with Crippen molar-refractivity contribution in [3.05, 3.63) is 150 Å². The Morgan fingerprint density at radius 3 is 1.93 bits per heavy atom. The second kappa shape index (κ2) is 9.24. The lowest BCUT2D eigenvalue weighted by Gasteiger charge is -2.17. The first-order valence-electron chi connectivity index (χ1n) is 13.8. The summed E-state index contributed by atoms with van der Waals surface area (Å²) in [5.74, 6) is 0. The van der Waals surface area contributed by atoms with Crippen molar-refractivity contribution in [1.29, 1.82) is 5.26 Å². The van der Waals surface area contributed by atoms with E-state index in [-0.39, 0.29) is 0 Å². The van der Waals surface area contributed by atoms with E-state index in [1.165, 1.54) is 10.8 Å². The molecule has 2 aromatic heterocycles. The van der Waals surface area contributed by atoms with Gasteiger partial charge in [0, 0.05) is 27.1 Å². The number of rotatable bonds is 3. The van der Waals surface area contributed by atoms with Crippen LogP contribution in [0.1, 0.15) is 5.56 Å². The lowest BCUT2D eigenvalue weighted by Crippen LogP contribution is -2.02. The van der Waals surface area contributed by atoms with E-state index < -0.39 is 0 Å². The Bertz CT molecular complexity index is 2430. The van der Waals surface area contributed by atoms with E-state index in [9.17, 15) is 5.26 Å². The highest BCUT2D eigenvalue weighted by Gasteiger charge is 2.21. The molecule has 0 bridgehead atoms. The van der Waals surface area contributed by atoms with E-state index in [1.807, 2.05) is 36.4 Å². The molecule has 0 N–H and O–H groups in total. The number of aromatic nitrogens is 2. The summed E-state index contributed by atoms with van der Waals surface area (Å²) in [6, 6.07) is 48.0. The Morgan fingerprint density at radius 2 is 1.17 bits per heavy atom. The molecule has 8 aromatic rings. The Morgan fingerprint density at radius 1 is 0.548 bits per heavy atom. The molecule has 2 heterocycles. The van der Waals surface area contributed by atoms with E-state index in [0.29, 0.717) is 11.3 Å². The Balaban J connectivity index is 1.53. The van der Waals surface area contributed by atoms with E-state index in [2.05, 4.69) is 117 Å². The van der Waals surface area contributed by atoms with Gasteiger partial charge in [0.1, 0.15) is 0 Å². The number of hydrogen-bond donors (Lipinski definition) is 0. The number of nitrogens with zero attached hydrogens (tertiary/aromatic N) is 4. The second-order valence-electron chi connectivity index (χ2n) is 10.4. The van der Waals surface area contributed by atoms with Crippen molar-refractivity contribution in [2.24, 2.45) is 0 Å². The molecule has 0 spiro atoms. The van der Waals surface area contributed by atoms with Crippen LogP contribution in [0.4, 0.5) is 5.69 Å². The van der Waals surface area contributed by atoms with Crippen LogP contribution in [-0.4, -0.2) is 9.13 Å². The van der Waals surface area contributed by atoms with Gasteiger partial charge < -0.3 is 9.13 Å². The van der Waals surface area contributed by atoms with Gasteiger partial charge in [-0.1, -0.05) is 91.0 Å². The van der Waals surface area contributed by atoms with Crippen molar-refractivity contribution in [2.45, 2.75) is 0 Å². The van der Waals surface area contributed by atoms with Crippen LogP contribution >= 0.6 is 0 Å². The van der Waals surface area contributed by atoms with Gasteiger partial charge in [0.2, 0.25) is 0 Å². The molecular weight excluding hydrogens is 512 g/mol. The predicted molar refractivity (Wildman–Crippen MR) is 172 cm³/mol. The number of fused-ring (bicyclic) bond motifs is 6. The van der Waals surface area contributed by atoms with Crippen LogP contribution in [0.2, 0.25) is 0 Å². The Kier molecular flexibility index (Phi) is 5.22. The van der Waals surface area contributed by atoms with Crippen LogP contribution in [0, 0.1) is 17.9 Å². The zero-order valence-electron chi connectivity index (χ0n) is 22.5. The summed E-state index contributed by atoms with van der Waals surface area (Å²) in [7, 11) is 0. The summed E-state index contributed by atoms with van der Waals surface area (Å²) >= 11 is 0. The topological polar surface area (TPSA) is 38.0 Å². The maximum absolute atomic E-state index is 9.65. The van der Waals surface area contributed by atoms with E-state index in [1.54, 1.807) is 0 Å². The first-order chi connectivity index (χ1) is 20.8. The molecule has 0 aliphatic heterocycles. The van der Waals surface area contributed by atoms with Crippen LogP contribution < -0.4 is 0 Å². The maximum Gasteiger partial charge on any atom is 0.187 e. The lowest BCUT2D eigenvalue weighted by atomic mass is 10.0. The van der Waals surface area contributed by atoms with E-state index in [4.69, 9.17) is 6.57 Å². The van der Waals surface area contributed by atoms with Crippen molar-refractivity contribution in [3.63, 3.8) is 0 Å². The minimum atomic E-state index is 0.626. The molecule has 0 radical (unpaired) electrons. The molecule has 42 heavy (non-hydrogen) atoms. The summed E-state index contributed by atoms with van der Waals surface area (Å²) in [5, 5.41) is 14.2. The molecule has 6 aromatic carbocycles. The van der Waals surface area contributed by atoms with Crippen LogP contribution in [0.5, 0.6) is 0 Å². The van der Waals surface area contributed by atoms with Gasteiger partial charge in [-0.2, -0.15) is 5.26 Å². The monoisotopic (exact) mass is 534 g/mol. The van der Waals surface area contributed by atoms with Crippen LogP contribution in [0.3, 0.4) is 0 Å². The van der Waals surface area contributed by atoms with Crippen LogP contribution in [-0.2, 0) is 0 Å². The zero-order chi connectivity index (χ0) is 28.2. The number of nitriles is 1. The third-order valence-corrected chi connectivity index (χ3v) is 8.17. The molecule has 0 aliphatic carbocycles. The smallest absolute Gasteiger partial charge is 0.187 e. The van der Waals surface area contributed by atoms with Gasteiger partial charge in [0.05, 0.1) is 51.6 Å². The van der Waals surface area contributed by atoms with Gasteiger partial charge in [-0.15, -0.1) is 0 Å². The van der Waals surface area contributed by atoms with Crippen LogP contribution in [0.15, 0.2) is 133 Å². The molecule has 194 valence electrons. The van der Waals surface area contributed by atoms with Gasteiger partial charge in [0.25, 0.3) is 0 Å². The molecule has 0 unspecified atom stereocenters. The van der Waals surface area contributed by atoms with Crippen molar-refractivity contribution in [2.75, 3.05) is 0 Å². The second-order valence-corrected chi connectivity index (χ2v) is 10.4. The zero-order valence-corrected chi connectivity index (χ0v) is 22.5. The summed E-state index contributed by atoms with van der Waals surface area (Å²) < 4.78 is 4.71. The van der Waals surface area contributed by atoms with Crippen LogP contribution in [0.25, 0.3) is 71.0 Å². The summed E-state index contributed by atoms with van der Waals surface area (Å²) in [6.45, 7) is 7.39. The molecule has 4 heteroatoms. The first kappa shape index (κ1) is 23.8. The highest BCUT2D eigenvalue weighted by atomic mass is 15.1. The lowest BCUT2D eigenvalue weighted by molar-refractivity contribution is 1.13. The third-order valence-electron chi connectivity index (χ3n) is 8.17. The molecule has 0 fully saturated rings. The summed E-state index contributed by atoms with van der Waals surface area (Å²) in [6.07, 6.45) is 0. The predicted octanol–water partition coefficient (Wildman–Crippen LogP) is 9.97. The highest BCUT2D eigenvalue weighted by molar-refractivity contribution is 6.15. The number of para-hydroxylation sites is 4. The van der Waals surface area contributed by atoms with Crippen molar-refractivity contribution in [3.8, 4) is 28.6 Å². The minimum absolute atomic E-state index is 0.626. The fraction of sp³-hybridized carbons (Fsp3) is 0. The van der Waals surface area contributed by atoms with Gasteiger partial charge in [0.15, 0.2) is 5.69 Å². The van der Waals surface area contributed by atoms with Crippen molar-refractivity contribution in [1.82, 2.24) is 9.13 Å². The number of hydrogen-bond acceptors (Lipinski definition) is 1. The average Bonchev–Trinajstić information content (AvgIpc) is 3.57. The molecule has 0 amide bonds. The Hall–Kier alpha value is -6.10. The van der Waals surface area contributed by atoms with Gasteiger partial charge in [-0.25, -0.2) is 4.85 Å². The molecule has 0 atom stereocenters. The van der Waals surface area contributed by atoms with E-state index >= 15 is 0 Å². The quantitative estimate of drug-likeness (QED) is 0.208. The SMILES string of the molecule is [C-]#[N+]c1ccc(-c2ccccc2-n2c3ccccc3c3cccc(-n4c5ccccc5c5cc(C#N)ccc54)c32)cc1. The number of benzene rings is 6. The largest absolute Gasteiger partial charge is 0.307 e. The van der Waals surface area contributed by atoms with Crippen molar-refractivity contribution < 1.29 is 0 Å². The summed E-state index contributed by atoms with van der Waals surface area (Å²) in [5.41, 5.74) is 9.94. The molecule has 0 saturated carbocycles. The first-order valence-corrected chi connectivity index (χ1v) is 13.8. The maximum atomic E-state index is 9.65. The Labute approximate surface area is 242 Å². The standard InChI is InChI=1S/C38H22N4/c1-40-27-20-18-26(19-21-27)28-9-2-5-13-33(28)42-35-15-7-3-10-29(35)31-12-8-16-37(38(31)42)41-34-14-6-4-11-30(34)32-23-25(24-39)17-22-36(32)41/h2-23H. The molecule has 4 nitrogen and oxygen atoms in total. The fourth-order valence-corrected chi connectivity index (χ4v) is 6.36. The highest BCUT2D eigenvalue weighted by Crippen LogP contribution is 2.41. The normalized spacial score (nSPS) is 11.3. The molecule has 0 saturated heterocycles. The van der Waals surface area contributed by atoms with Gasteiger partial charge in [-0.05, 0) is 48.0 Å². The fourth-order valence-electron chi connectivity index (χ4n) is 6.36. The minimum Gasteiger partial charge on any atom is -0.307 e. The molecular formula is C38H22N4. The average molecular weight is 535 g/mol. The van der Waals surface area contributed by atoms with Crippen molar-refractivity contribution >= 4 is 49.3 Å². The molecule has 0 aliphatic rings. The summed E-state index contributed by atoms with van der Waals surface area (Å²) in [4.78, 5) is 3.58. The molecule has 8 rings (SSSR count). The van der Waals surface area contributed by atoms with Gasteiger partial charge in [-0.3, -0.25) is 0 Å².